The summed E-state index contributed by atoms with van der Waals surface area (Å²) < 4.78 is 28.4. The maximum Gasteiger partial charge on any atom is 0.293 e. The molecular formula is C20H24N4O7S. The van der Waals surface area contributed by atoms with Crippen LogP contribution >= 0.6 is 0 Å². The second kappa shape index (κ2) is 9.81. The fourth-order valence-corrected chi connectivity index (χ4v) is 4.17. The molecule has 0 aliphatic carbocycles. The van der Waals surface area contributed by atoms with Crippen molar-refractivity contribution in [1.82, 2.24) is 10.2 Å². The summed E-state index contributed by atoms with van der Waals surface area (Å²) in [5.74, 6) is -0.473. The first-order chi connectivity index (χ1) is 15.2. The number of nitro benzene ring substituents is 1. The van der Waals surface area contributed by atoms with Gasteiger partial charge in [0, 0.05) is 32.0 Å². The number of rotatable bonds is 8. The van der Waals surface area contributed by atoms with Crippen LogP contribution in [0, 0.1) is 10.1 Å². The van der Waals surface area contributed by atoms with Crippen LogP contribution in [0.3, 0.4) is 0 Å². The van der Waals surface area contributed by atoms with Gasteiger partial charge in [0.2, 0.25) is 5.91 Å². The lowest BCUT2D eigenvalue weighted by molar-refractivity contribution is -0.384. The van der Waals surface area contributed by atoms with Crippen LogP contribution in [0.1, 0.15) is 29.8 Å². The number of carbonyl (C=O) groups excluding carboxylic acids is 2. The van der Waals surface area contributed by atoms with Crippen LogP contribution in [0.25, 0.3) is 0 Å². The predicted octanol–water partition coefficient (Wildman–Crippen LogP) is 1.81. The van der Waals surface area contributed by atoms with E-state index in [9.17, 15) is 28.1 Å². The summed E-state index contributed by atoms with van der Waals surface area (Å²) in [5, 5.41) is 16.9. The van der Waals surface area contributed by atoms with E-state index >= 15 is 0 Å². The quantitative estimate of drug-likeness (QED) is 0.341. The van der Waals surface area contributed by atoms with Crippen LogP contribution in [0.15, 0.2) is 45.9 Å². The maximum absolute atomic E-state index is 12.7. The average molecular weight is 465 g/mol. The van der Waals surface area contributed by atoms with Gasteiger partial charge in [0.05, 0.1) is 16.1 Å². The molecule has 172 valence electrons. The zero-order chi connectivity index (χ0) is 23.3. The lowest BCUT2D eigenvalue weighted by atomic mass is 10.0. The fourth-order valence-electron chi connectivity index (χ4n) is 3.53. The highest BCUT2D eigenvalue weighted by molar-refractivity contribution is 7.90. The third kappa shape index (κ3) is 5.44. The molecule has 2 aromatic rings. The van der Waals surface area contributed by atoms with Crippen molar-refractivity contribution >= 4 is 33.0 Å². The molecule has 1 saturated heterocycles. The number of carbonyl (C=O) groups is 2. The van der Waals surface area contributed by atoms with Gasteiger partial charge in [0.15, 0.2) is 15.6 Å². The summed E-state index contributed by atoms with van der Waals surface area (Å²) in [6.45, 7) is 0.779. The van der Waals surface area contributed by atoms with Crippen LogP contribution in [-0.2, 0) is 14.6 Å². The largest absolute Gasteiger partial charge is 0.459 e. The first-order valence-corrected chi connectivity index (χ1v) is 11.9. The molecule has 0 radical (unpaired) electrons. The van der Waals surface area contributed by atoms with Crippen LogP contribution < -0.4 is 10.6 Å². The fraction of sp³-hybridized carbons (Fsp3) is 0.400. The van der Waals surface area contributed by atoms with E-state index < -0.39 is 20.8 Å². The molecule has 1 unspecified atom stereocenters. The summed E-state index contributed by atoms with van der Waals surface area (Å²) in [7, 11) is -3.58. The lowest BCUT2D eigenvalue weighted by Gasteiger charge is -2.34. The van der Waals surface area contributed by atoms with Gasteiger partial charge in [-0.2, -0.15) is 0 Å². The third-order valence-electron chi connectivity index (χ3n) is 5.13. The van der Waals surface area contributed by atoms with E-state index in [1.807, 2.05) is 0 Å². The van der Waals surface area contributed by atoms with E-state index in [-0.39, 0.29) is 46.9 Å². The number of hydrogen-bond acceptors (Lipinski definition) is 8. The number of nitro groups is 1. The van der Waals surface area contributed by atoms with Gasteiger partial charge < -0.3 is 20.0 Å². The second-order valence-corrected chi connectivity index (χ2v) is 9.43. The van der Waals surface area contributed by atoms with E-state index in [4.69, 9.17) is 4.42 Å². The molecule has 1 aliphatic rings. The standard InChI is InChI=1S/C20H24N4O7S/c1-32(29,30)14-7-8-15(17(13-14)24(27)28)21-9-10-22-19(25)16-5-2-3-11-23(16)20(26)18-6-4-12-31-18/h4,6-8,12-13,16,21H,2-3,5,9-11H2,1H3,(H,22,25). The van der Waals surface area contributed by atoms with Gasteiger partial charge in [-0.05, 0) is 43.5 Å². The Morgan fingerprint density at radius 1 is 1.25 bits per heavy atom. The Morgan fingerprint density at radius 3 is 2.69 bits per heavy atom. The van der Waals surface area contributed by atoms with Gasteiger partial charge in [-0.1, -0.05) is 0 Å². The molecule has 2 heterocycles. The summed E-state index contributed by atoms with van der Waals surface area (Å²) >= 11 is 0. The van der Waals surface area contributed by atoms with Gasteiger partial charge in [-0.15, -0.1) is 0 Å². The van der Waals surface area contributed by atoms with Gasteiger partial charge in [0.25, 0.3) is 11.6 Å². The number of hydrogen-bond donors (Lipinski definition) is 2. The number of anilines is 1. The Bertz CT molecular complexity index is 1100. The minimum atomic E-state index is -3.58. The molecule has 12 heteroatoms. The number of nitrogens with one attached hydrogen (secondary N) is 2. The molecule has 0 bridgehead atoms. The molecule has 2 N–H and O–H groups in total. The molecule has 11 nitrogen and oxygen atoms in total. The summed E-state index contributed by atoms with van der Waals surface area (Å²) in [6, 6.07) is 6.14. The molecule has 1 fully saturated rings. The van der Waals surface area contributed by atoms with Gasteiger partial charge in [-0.25, -0.2) is 8.42 Å². The molecule has 1 aliphatic heterocycles. The first-order valence-electron chi connectivity index (χ1n) is 10.0. The SMILES string of the molecule is CS(=O)(=O)c1ccc(NCCNC(=O)C2CCCCN2C(=O)c2ccco2)c([N+](=O)[O-])c1. The number of piperidine rings is 1. The lowest BCUT2D eigenvalue weighted by Crippen LogP contribution is -2.52. The monoisotopic (exact) mass is 464 g/mol. The topological polar surface area (TPSA) is 152 Å². The van der Waals surface area contributed by atoms with Crippen molar-refractivity contribution in [3.8, 4) is 0 Å². The zero-order valence-electron chi connectivity index (χ0n) is 17.4. The van der Waals surface area contributed by atoms with E-state index in [0.717, 1.165) is 25.2 Å². The molecule has 1 atom stereocenters. The molecule has 1 aromatic carbocycles. The van der Waals surface area contributed by atoms with Crippen LogP contribution in [-0.4, -0.2) is 62.0 Å². The van der Waals surface area contributed by atoms with E-state index in [1.54, 1.807) is 12.1 Å². The maximum atomic E-state index is 12.7. The van der Waals surface area contributed by atoms with Crippen molar-refractivity contribution in [1.29, 1.82) is 0 Å². The smallest absolute Gasteiger partial charge is 0.293 e. The van der Waals surface area contributed by atoms with Crippen LogP contribution in [0.4, 0.5) is 11.4 Å². The van der Waals surface area contributed by atoms with Gasteiger partial charge in [0.1, 0.15) is 11.7 Å². The second-order valence-electron chi connectivity index (χ2n) is 7.41. The average Bonchev–Trinajstić information content (AvgIpc) is 3.30. The van der Waals surface area contributed by atoms with Crippen molar-refractivity contribution in [3.05, 3.63) is 52.5 Å². The van der Waals surface area contributed by atoms with Crippen molar-refractivity contribution in [2.24, 2.45) is 0 Å². The summed E-state index contributed by atoms with van der Waals surface area (Å²) in [4.78, 5) is 37.3. The van der Waals surface area contributed by atoms with E-state index in [2.05, 4.69) is 10.6 Å². The Kier molecular flexibility index (Phi) is 7.13. The van der Waals surface area contributed by atoms with Crippen LogP contribution in [0.2, 0.25) is 0 Å². The molecule has 0 saturated carbocycles. The Morgan fingerprint density at radius 2 is 2.03 bits per heavy atom. The van der Waals surface area contributed by atoms with E-state index in [1.165, 1.54) is 23.3 Å². The molecule has 0 spiro atoms. The summed E-state index contributed by atoms with van der Waals surface area (Å²) in [5.41, 5.74) is -0.231. The zero-order valence-corrected chi connectivity index (χ0v) is 18.3. The number of amides is 2. The summed E-state index contributed by atoms with van der Waals surface area (Å²) in [6.07, 6.45) is 4.52. The highest BCUT2D eigenvalue weighted by atomic mass is 32.2. The minimum absolute atomic E-state index is 0.143. The normalized spacial score (nSPS) is 16.4. The van der Waals surface area contributed by atoms with Crippen molar-refractivity contribution in [3.63, 3.8) is 0 Å². The van der Waals surface area contributed by atoms with Crippen molar-refractivity contribution in [2.75, 3.05) is 31.2 Å². The molecular weight excluding hydrogens is 440 g/mol. The molecule has 32 heavy (non-hydrogen) atoms. The Hall–Kier alpha value is -3.41. The van der Waals surface area contributed by atoms with Gasteiger partial charge >= 0.3 is 0 Å². The minimum Gasteiger partial charge on any atom is -0.459 e. The highest BCUT2D eigenvalue weighted by Crippen LogP contribution is 2.27. The van der Waals surface area contributed by atoms with Gasteiger partial charge in [-0.3, -0.25) is 19.7 Å². The number of likely N-dealkylation sites (tertiary alicyclic amines) is 1. The van der Waals surface area contributed by atoms with Crippen LogP contribution in [0.5, 0.6) is 0 Å². The van der Waals surface area contributed by atoms with Crippen molar-refractivity contribution < 1.29 is 27.3 Å². The van der Waals surface area contributed by atoms with Crippen molar-refractivity contribution in [2.45, 2.75) is 30.2 Å². The number of benzene rings is 1. The third-order valence-corrected chi connectivity index (χ3v) is 6.24. The van der Waals surface area contributed by atoms with E-state index in [0.29, 0.717) is 13.0 Å². The molecule has 3 rings (SSSR count). The Labute approximate surface area is 184 Å². The predicted molar refractivity (Wildman–Crippen MR) is 115 cm³/mol. The highest BCUT2D eigenvalue weighted by Gasteiger charge is 2.33. The Balaban J connectivity index is 1.58. The first kappa shape index (κ1) is 23.3. The number of furan rings is 1. The number of sulfone groups is 1. The molecule has 1 aromatic heterocycles. The molecule has 2 amide bonds. The number of nitrogens with zero attached hydrogens (tertiary/aromatic N) is 2.